The zero-order chi connectivity index (χ0) is 19.5. The van der Waals surface area contributed by atoms with Crippen LogP contribution in [0.1, 0.15) is 56.7 Å². The average molecular weight is 379 g/mol. The van der Waals surface area contributed by atoms with Crippen LogP contribution in [0.15, 0.2) is 24.3 Å². The minimum Gasteiger partial charge on any atom is -0.345 e. The maximum absolute atomic E-state index is 13.0. The number of carbonyl (C=O) groups is 1. The lowest BCUT2D eigenvalue weighted by Crippen LogP contribution is -2.50. The van der Waals surface area contributed by atoms with E-state index < -0.39 is 0 Å². The summed E-state index contributed by atoms with van der Waals surface area (Å²) in [7, 11) is 0. The van der Waals surface area contributed by atoms with Crippen molar-refractivity contribution in [1.82, 2.24) is 14.8 Å². The van der Waals surface area contributed by atoms with E-state index in [0.29, 0.717) is 17.5 Å². The van der Waals surface area contributed by atoms with Gasteiger partial charge in [-0.25, -0.2) is 0 Å². The highest BCUT2D eigenvalue weighted by atomic mass is 16.2. The smallest absolute Gasteiger partial charge is 0.239 e. The summed E-state index contributed by atoms with van der Waals surface area (Å²) in [5.41, 5.74) is 3.16. The van der Waals surface area contributed by atoms with Gasteiger partial charge < -0.3 is 14.8 Å². The molecule has 0 aliphatic carbocycles. The van der Waals surface area contributed by atoms with Crippen molar-refractivity contribution in [2.75, 3.05) is 13.1 Å². The molecule has 2 aliphatic rings. The Morgan fingerprint density at radius 2 is 2.14 bits per heavy atom. The number of likely N-dealkylation sites (tertiary alicyclic amines) is 1. The first-order valence-electron chi connectivity index (χ1n) is 10.8. The monoisotopic (exact) mass is 378 g/mol. The lowest BCUT2D eigenvalue weighted by Gasteiger charge is -2.31. The summed E-state index contributed by atoms with van der Waals surface area (Å²) in [5, 5.41) is 13.8. The Morgan fingerprint density at radius 1 is 1.25 bits per heavy atom. The third-order valence-electron chi connectivity index (χ3n) is 6.44. The Kier molecular flexibility index (Phi) is 5.68. The van der Waals surface area contributed by atoms with Crippen molar-refractivity contribution in [3.05, 3.63) is 35.5 Å². The number of nitrogens with one attached hydrogen (secondary N) is 1. The molecule has 2 atom stereocenters. The summed E-state index contributed by atoms with van der Waals surface area (Å²) < 4.78 is 2.32. The highest BCUT2D eigenvalue weighted by Crippen LogP contribution is 2.27. The van der Waals surface area contributed by atoms with E-state index >= 15 is 0 Å². The zero-order valence-corrected chi connectivity index (χ0v) is 16.8. The van der Waals surface area contributed by atoms with Crippen molar-refractivity contribution >= 4 is 16.8 Å². The van der Waals surface area contributed by atoms with Crippen molar-refractivity contribution in [1.29, 1.82) is 5.26 Å². The van der Waals surface area contributed by atoms with E-state index in [1.54, 1.807) is 0 Å². The molecule has 1 amide bonds. The third-order valence-corrected chi connectivity index (χ3v) is 6.44. The van der Waals surface area contributed by atoms with Crippen LogP contribution in [0.2, 0.25) is 0 Å². The van der Waals surface area contributed by atoms with Crippen LogP contribution in [-0.4, -0.2) is 40.5 Å². The Labute approximate surface area is 167 Å². The molecule has 2 aromatic rings. The third kappa shape index (κ3) is 3.66. The molecule has 1 aromatic carbocycles. The second kappa shape index (κ2) is 8.36. The first kappa shape index (κ1) is 19.0. The Balaban J connectivity index is 1.47. The van der Waals surface area contributed by atoms with Crippen LogP contribution >= 0.6 is 0 Å². The van der Waals surface area contributed by atoms with Crippen molar-refractivity contribution in [2.45, 2.75) is 70.5 Å². The van der Waals surface area contributed by atoms with Gasteiger partial charge in [-0.1, -0.05) is 12.5 Å². The molecule has 0 saturated carbocycles. The van der Waals surface area contributed by atoms with E-state index in [1.165, 1.54) is 17.5 Å². The molecule has 1 N–H and O–H groups in total. The normalized spacial score (nSPS) is 22.5. The van der Waals surface area contributed by atoms with Crippen LogP contribution in [0, 0.1) is 11.3 Å². The SMILES string of the molecule is CCn1c(CC[C@@H]2CCCN2C(=O)C2CCCCN2)cc2ccc(C#N)cc21. The largest absolute Gasteiger partial charge is 0.345 e. The van der Waals surface area contributed by atoms with Crippen LogP contribution in [0.4, 0.5) is 0 Å². The lowest BCUT2D eigenvalue weighted by atomic mass is 10.0. The van der Waals surface area contributed by atoms with Gasteiger partial charge in [0.25, 0.3) is 0 Å². The number of aromatic nitrogens is 1. The van der Waals surface area contributed by atoms with Gasteiger partial charge in [0.1, 0.15) is 0 Å². The summed E-state index contributed by atoms with van der Waals surface area (Å²) >= 11 is 0. The Bertz CT molecular complexity index is 888. The molecule has 2 saturated heterocycles. The van der Waals surface area contributed by atoms with Gasteiger partial charge in [0, 0.05) is 30.3 Å². The molecule has 1 aromatic heterocycles. The van der Waals surface area contributed by atoms with Gasteiger partial charge in [-0.3, -0.25) is 4.79 Å². The molecular weight excluding hydrogens is 348 g/mol. The molecule has 1 unspecified atom stereocenters. The van der Waals surface area contributed by atoms with Gasteiger partial charge in [0.2, 0.25) is 5.91 Å². The second-order valence-electron chi connectivity index (χ2n) is 8.13. The quantitative estimate of drug-likeness (QED) is 0.865. The second-order valence-corrected chi connectivity index (χ2v) is 8.13. The molecule has 2 fully saturated rings. The number of fused-ring (bicyclic) bond motifs is 1. The van der Waals surface area contributed by atoms with Gasteiger partial charge in [-0.15, -0.1) is 0 Å². The fourth-order valence-corrected chi connectivity index (χ4v) is 4.96. The Hall–Kier alpha value is -2.32. The van der Waals surface area contributed by atoms with E-state index in [2.05, 4.69) is 33.8 Å². The number of benzene rings is 1. The van der Waals surface area contributed by atoms with Crippen molar-refractivity contribution in [3.8, 4) is 6.07 Å². The van der Waals surface area contributed by atoms with E-state index in [4.69, 9.17) is 0 Å². The van der Waals surface area contributed by atoms with E-state index in [1.807, 2.05) is 18.2 Å². The van der Waals surface area contributed by atoms with Crippen LogP contribution in [0.5, 0.6) is 0 Å². The zero-order valence-electron chi connectivity index (χ0n) is 16.8. The molecule has 0 spiro atoms. The van der Waals surface area contributed by atoms with E-state index in [0.717, 1.165) is 63.7 Å². The summed E-state index contributed by atoms with van der Waals surface area (Å²) in [6.07, 6.45) is 7.53. The fourth-order valence-electron chi connectivity index (χ4n) is 4.96. The van der Waals surface area contributed by atoms with Gasteiger partial charge in [-0.2, -0.15) is 5.26 Å². The van der Waals surface area contributed by atoms with Gasteiger partial charge >= 0.3 is 0 Å². The topological polar surface area (TPSA) is 61.1 Å². The molecule has 148 valence electrons. The summed E-state index contributed by atoms with van der Waals surface area (Å²) in [6, 6.07) is 10.8. The van der Waals surface area contributed by atoms with Crippen molar-refractivity contribution in [3.63, 3.8) is 0 Å². The molecular formula is C23H30N4O. The standard InChI is InChI=1S/C23H30N4O/c1-2-26-20(15-18-9-8-17(16-24)14-22(18)26)11-10-19-6-5-13-27(19)23(28)21-7-3-4-12-25-21/h8-9,14-15,19,21,25H,2-7,10-13H2,1H3/t19-,21?/m0/s1. The number of aryl methyl sites for hydroxylation is 2. The van der Waals surface area contributed by atoms with Crippen LogP contribution in [-0.2, 0) is 17.8 Å². The van der Waals surface area contributed by atoms with Crippen molar-refractivity contribution in [2.24, 2.45) is 0 Å². The van der Waals surface area contributed by atoms with E-state index in [9.17, 15) is 10.1 Å². The fraction of sp³-hybridized carbons (Fsp3) is 0.565. The highest BCUT2D eigenvalue weighted by molar-refractivity contribution is 5.83. The maximum Gasteiger partial charge on any atom is 0.239 e. The average Bonchev–Trinajstić information content (AvgIpc) is 3.35. The predicted molar refractivity (Wildman–Crippen MR) is 111 cm³/mol. The molecule has 0 bridgehead atoms. The Morgan fingerprint density at radius 3 is 2.89 bits per heavy atom. The van der Waals surface area contributed by atoms with Crippen molar-refractivity contribution < 1.29 is 4.79 Å². The molecule has 0 radical (unpaired) electrons. The number of piperidine rings is 1. The molecule has 5 heteroatoms. The molecule has 28 heavy (non-hydrogen) atoms. The van der Waals surface area contributed by atoms with Crippen LogP contribution in [0.3, 0.4) is 0 Å². The predicted octanol–water partition coefficient (Wildman–Crippen LogP) is 3.60. The number of rotatable bonds is 5. The molecule has 2 aliphatic heterocycles. The first-order valence-corrected chi connectivity index (χ1v) is 10.8. The maximum atomic E-state index is 13.0. The molecule has 4 rings (SSSR count). The van der Waals surface area contributed by atoms with E-state index in [-0.39, 0.29) is 6.04 Å². The van der Waals surface area contributed by atoms with Gasteiger partial charge in [-0.05, 0) is 75.6 Å². The number of hydrogen-bond acceptors (Lipinski definition) is 3. The minimum atomic E-state index is 0.0286. The number of nitriles is 1. The highest BCUT2D eigenvalue weighted by Gasteiger charge is 2.33. The summed E-state index contributed by atoms with van der Waals surface area (Å²) in [4.78, 5) is 15.1. The molecule has 3 heterocycles. The number of hydrogen-bond donors (Lipinski definition) is 1. The van der Waals surface area contributed by atoms with Gasteiger partial charge in [0.05, 0.1) is 17.7 Å². The summed E-state index contributed by atoms with van der Waals surface area (Å²) in [6.45, 7) is 4.93. The lowest BCUT2D eigenvalue weighted by molar-refractivity contribution is -0.135. The molecule has 5 nitrogen and oxygen atoms in total. The number of carbonyl (C=O) groups excluding carboxylic acids is 1. The number of amides is 1. The van der Waals surface area contributed by atoms with Crippen LogP contribution < -0.4 is 5.32 Å². The van der Waals surface area contributed by atoms with Crippen LogP contribution in [0.25, 0.3) is 10.9 Å². The summed E-state index contributed by atoms with van der Waals surface area (Å²) in [5.74, 6) is 0.317. The first-order chi connectivity index (χ1) is 13.7. The van der Waals surface area contributed by atoms with Gasteiger partial charge in [0.15, 0.2) is 0 Å². The number of nitrogens with zero attached hydrogens (tertiary/aromatic N) is 3. The minimum absolute atomic E-state index is 0.0286.